The maximum Gasteiger partial charge on any atom is 0.230 e. The minimum absolute atomic E-state index is 0.169. The molecule has 2 bridgehead atoms. The number of fused-ring (bicyclic) bond motifs is 5. The molecule has 0 saturated heterocycles. The average molecular weight is 408 g/mol. The first-order valence-corrected chi connectivity index (χ1v) is 9.49. The average Bonchev–Trinajstić information content (AvgIpc) is 3.03. The number of nitrogens with two attached hydrogens (primary N) is 1. The number of allylic oxidation sites excluding steroid dienone is 2. The standard InChI is InChI=1S/C21H21FN6O2/c1-11-15-7-13(22)4-5-14(15)21(29)27(2)10-16-19(17(8-23)28(3)26-16)12-6-18(30-11)20(24)25-9-12/h4-7,9,11,14-15H,10H2,1-3H3,(H2,24,25)/t11-,14?,15?/m1/s1. The molecule has 0 aromatic carbocycles. The van der Waals surface area contributed by atoms with Gasteiger partial charge in [0.05, 0.1) is 18.2 Å². The lowest BCUT2D eigenvalue weighted by Crippen LogP contribution is -2.40. The summed E-state index contributed by atoms with van der Waals surface area (Å²) >= 11 is 0. The molecule has 3 heterocycles. The quantitative estimate of drug-likeness (QED) is 0.716. The second-order valence-corrected chi connectivity index (χ2v) is 7.54. The summed E-state index contributed by atoms with van der Waals surface area (Å²) in [4.78, 5) is 19.0. The Bertz CT molecular complexity index is 1130. The third-order valence-corrected chi connectivity index (χ3v) is 5.53. The fraction of sp³-hybridized carbons (Fsp3) is 0.333. The van der Waals surface area contributed by atoms with E-state index in [1.807, 2.05) is 0 Å². The van der Waals surface area contributed by atoms with E-state index in [2.05, 4.69) is 16.2 Å². The van der Waals surface area contributed by atoms with E-state index < -0.39 is 23.8 Å². The number of hydrogen-bond acceptors (Lipinski definition) is 6. The van der Waals surface area contributed by atoms with Crippen LogP contribution in [-0.4, -0.2) is 38.7 Å². The van der Waals surface area contributed by atoms with Gasteiger partial charge in [0.2, 0.25) is 5.91 Å². The highest BCUT2D eigenvalue weighted by atomic mass is 19.1. The van der Waals surface area contributed by atoms with E-state index in [9.17, 15) is 14.4 Å². The zero-order chi connectivity index (χ0) is 21.6. The number of amides is 1. The van der Waals surface area contributed by atoms with Gasteiger partial charge in [0, 0.05) is 37.3 Å². The Kier molecular flexibility index (Phi) is 4.78. The highest BCUT2D eigenvalue weighted by Gasteiger charge is 2.36. The number of hydrogen-bond donors (Lipinski definition) is 1. The SMILES string of the molecule is C[C@H]1Oc2cc(cnc2N)-c2c(nn(C)c2C#N)CN(C)C(=O)C2C=CC(F)=CC21. The zero-order valence-electron chi connectivity index (χ0n) is 16.8. The van der Waals surface area contributed by atoms with Crippen LogP contribution in [0, 0.1) is 23.2 Å². The first-order valence-electron chi connectivity index (χ1n) is 9.49. The van der Waals surface area contributed by atoms with Crippen LogP contribution >= 0.6 is 0 Å². The first-order chi connectivity index (χ1) is 14.3. The number of carbonyl (C=O) groups is 1. The number of nitrogens with zero attached hydrogens (tertiary/aromatic N) is 5. The van der Waals surface area contributed by atoms with Gasteiger partial charge < -0.3 is 15.4 Å². The molecule has 154 valence electrons. The zero-order valence-corrected chi connectivity index (χ0v) is 16.8. The van der Waals surface area contributed by atoms with Crippen molar-refractivity contribution in [3.05, 3.63) is 47.7 Å². The Hall–Kier alpha value is -3.67. The molecule has 30 heavy (non-hydrogen) atoms. The second-order valence-electron chi connectivity index (χ2n) is 7.54. The maximum atomic E-state index is 14.0. The Morgan fingerprint density at radius 3 is 2.90 bits per heavy atom. The van der Waals surface area contributed by atoms with E-state index >= 15 is 0 Å². The molecule has 1 amide bonds. The molecule has 2 N–H and O–H groups in total. The van der Waals surface area contributed by atoms with Gasteiger partial charge in [-0.15, -0.1) is 0 Å². The number of rotatable bonds is 0. The third-order valence-electron chi connectivity index (χ3n) is 5.53. The molecule has 2 unspecified atom stereocenters. The number of pyridine rings is 1. The summed E-state index contributed by atoms with van der Waals surface area (Å²) in [7, 11) is 3.33. The monoisotopic (exact) mass is 408 g/mol. The van der Waals surface area contributed by atoms with Crippen molar-refractivity contribution >= 4 is 11.7 Å². The highest BCUT2D eigenvalue weighted by Crippen LogP contribution is 2.36. The van der Waals surface area contributed by atoms with Crippen molar-refractivity contribution in [2.45, 2.75) is 19.6 Å². The fourth-order valence-corrected chi connectivity index (χ4v) is 3.99. The van der Waals surface area contributed by atoms with Crippen molar-refractivity contribution in [2.24, 2.45) is 18.9 Å². The Morgan fingerprint density at radius 1 is 1.40 bits per heavy atom. The molecular weight excluding hydrogens is 387 g/mol. The predicted molar refractivity (Wildman–Crippen MR) is 107 cm³/mol. The van der Waals surface area contributed by atoms with Gasteiger partial charge in [-0.2, -0.15) is 10.4 Å². The van der Waals surface area contributed by atoms with Crippen LogP contribution < -0.4 is 10.5 Å². The normalized spacial score (nSPS) is 23.3. The summed E-state index contributed by atoms with van der Waals surface area (Å²) in [6, 6.07) is 3.87. The second kappa shape index (κ2) is 7.30. The third kappa shape index (κ3) is 3.20. The van der Waals surface area contributed by atoms with Crippen LogP contribution in [0.25, 0.3) is 11.1 Å². The molecule has 0 fully saturated rings. The van der Waals surface area contributed by atoms with Crippen molar-refractivity contribution in [1.82, 2.24) is 19.7 Å². The van der Waals surface area contributed by atoms with Crippen LogP contribution in [0.3, 0.4) is 0 Å². The van der Waals surface area contributed by atoms with Gasteiger partial charge in [-0.05, 0) is 25.1 Å². The number of anilines is 1. The highest BCUT2D eigenvalue weighted by molar-refractivity contribution is 5.82. The summed E-state index contributed by atoms with van der Waals surface area (Å²) in [5.74, 6) is -1.26. The van der Waals surface area contributed by atoms with Crippen molar-refractivity contribution in [3.8, 4) is 22.9 Å². The van der Waals surface area contributed by atoms with Gasteiger partial charge in [-0.3, -0.25) is 9.48 Å². The van der Waals surface area contributed by atoms with E-state index in [0.717, 1.165) is 0 Å². The number of nitrogen functional groups attached to an aromatic ring is 1. The van der Waals surface area contributed by atoms with E-state index in [4.69, 9.17) is 10.5 Å². The van der Waals surface area contributed by atoms with E-state index in [0.29, 0.717) is 28.3 Å². The Morgan fingerprint density at radius 2 is 2.17 bits per heavy atom. The number of aryl methyl sites for hydroxylation is 1. The number of nitriles is 1. The minimum Gasteiger partial charge on any atom is -0.486 e. The Labute approximate surface area is 173 Å². The van der Waals surface area contributed by atoms with Gasteiger partial charge in [-0.25, -0.2) is 9.37 Å². The molecule has 0 spiro atoms. The van der Waals surface area contributed by atoms with Crippen LogP contribution in [0.5, 0.6) is 5.75 Å². The number of halogens is 1. The molecule has 2 aromatic rings. The van der Waals surface area contributed by atoms with Crippen molar-refractivity contribution in [2.75, 3.05) is 12.8 Å². The van der Waals surface area contributed by atoms with Gasteiger partial charge >= 0.3 is 0 Å². The lowest BCUT2D eigenvalue weighted by atomic mass is 9.83. The maximum absolute atomic E-state index is 14.0. The van der Waals surface area contributed by atoms with Crippen LogP contribution in [0.2, 0.25) is 0 Å². The molecular formula is C21H21FN6O2. The van der Waals surface area contributed by atoms with E-state index in [1.165, 1.54) is 21.7 Å². The minimum atomic E-state index is -0.608. The molecule has 9 heteroatoms. The molecule has 1 aliphatic heterocycles. The van der Waals surface area contributed by atoms with Gasteiger partial charge in [-0.1, -0.05) is 6.08 Å². The summed E-state index contributed by atoms with van der Waals surface area (Å²) in [5.41, 5.74) is 8.09. The van der Waals surface area contributed by atoms with E-state index in [-0.39, 0.29) is 18.3 Å². The molecule has 2 aliphatic rings. The predicted octanol–water partition coefficient (Wildman–Crippen LogP) is 2.33. The van der Waals surface area contributed by atoms with Crippen molar-refractivity contribution in [1.29, 1.82) is 5.26 Å². The van der Waals surface area contributed by atoms with Crippen LogP contribution in [0.4, 0.5) is 10.2 Å². The fourth-order valence-electron chi connectivity index (χ4n) is 3.99. The lowest BCUT2D eigenvalue weighted by molar-refractivity contribution is -0.135. The molecule has 4 rings (SSSR count). The van der Waals surface area contributed by atoms with Crippen LogP contribution in [-0.2, 0) is 18.4 Å². The molecule has 0 radical (unpaired) electrons. The summed E-state index contributed by atoms with van der Waals surface area (Å²) in [5, 5.41) is 14.1. The largest absolute Gasteiger partial charge is 0.486 e. The Balaban J connectivity index is 1.91. The van der Waals surface area contributed by atoms with E-state index in [1.54, 1.807) is 39.4 Å². The summed E-state index contributed by atoms with van der Waals surface area (Å²) in [6.45, 7) is 1.95. The van der Waals surface area contributed by atoms with Crippen LogP contribution in [0.15, 0.2) is 36.3 Å². The van der Waals surface area contributed by atoms with Crippen LogP contribution in [0.1, 0.15) is 18.3 Å². The molecule has 3 atom stereocenters. The van der Waals surface area contributed by atoms with Gasteiger partial charge in [0.25, 0.3) is 0 Å². The molecule has 1 aliphatic carbocycles. The van der Waals surface area contributed by atoms with Gasteiger partial charge in [0.1, 0.15) is 23.7 Å². The molecule has 8 nitrogen and oxygen atoms in total. The van der Waals surface area contributed by atoms with Gasteiger partial charge in [0.15, 0.2) is 11.6 Å². The topological polar surface area (TPSA) is 110 Å². The number of ether oxygens (including phenoxy) is 1. The number of carbonyl (C=O) groups excluding carboxylic acids is 1. The van der Waals surface area contributed by atoms with Crippen molar-refractivity contribution < 1.29 is 13.9 Å². The smallest absolute Gasteiger partial charge is 0.230 e. The summed E-state index contributed by atoms with van der Waals surface area (Å²) in [6.07, 6.45) is 5.25. The molecule has 0 saturated carbocycles. The number of aromatic nitrogens is 3. The summed E-state index contributed by atoms with van der Waals surface area (Å²) < 4.78 is 21.5. The first kappa shape index (κ1) is 19.6. The molecule has 2 aromatic heterocycles. The lowest BCUT2D eigenvalue weighted by Gasteiger charge is -2.32. The van der Waals surface area contributed by atoms with Crippen molar-refractivity contribution in [3.63, 3.8) is 0 Å².